The zero-order valence-electron chi connectivity index (χ0n) is 21.7. The number of hydrogen-bond acceptors (Lipinski definition) is 6. The fourth-order valence-electron chi connectivity index (χ4n) is 4.70. The van der Waals surface area contributed by atoms with Crippen molar-refractivity contribution in [3.63, 3.8) is 0 Å². The van der Waals surface area contributed by atoms with Crippen molar-refractivity contribution in [1.29, 1.82) is 0 Å². The monoisotopic (exact) mass is 536 g/mol. The maximum Gasteiger partial charge on any atom is 0.268 e. The van der Waals surface area contributed by atoms with Crippen LogP contribution in [0.1, 0.15) is 59.7 Å². The Hall–Kier alpha value is -3.20. The van der Waals surface area contributed by atoms with Crippen molar-refractivity contribution in [2.45, 2.75) is 50.7 Å². The Morgan fingerprint density at radius 1 is 0.974 bits per heavy atom. The molecule has 0 bridgehead atoms. The van der Waals surface area contributed by atoms with E-state index in [0.717, 1.165) is 61.6 Å². The summed E-state index contributed by atoms with van der Waals surface area (Å²) in [5, 5.41) is 13.6. The molecule has 0 saturated heterocycles. The van der Waals surface area contributed by atoms with E-state index in [1.165, 1.54) is 12.0 Å². The van der Waals surface area contributed by atoms with E-state index in [2.05, 4.69) is 22.2 Å². The van der Waals surface area contributed by atoms with Gasteiger partial charge in [-0.1, -0.05) is 67.1 Å². The number of benzene rings is 3. The van der Waals surface area contributed by atoms with Gasteiger partial charge in [0, 0.05) is 6.54 Å². The highest BCUT2D eigenvalue weighted by atomic mass is 32.2. The molecule has 1 aliphatic rings. The van der Waals surface area contributed by atoms with Gasteiger partial charge in [-0.25, -0.2) is 13.1 Å². The van der Waals surface area contributed by atoms with E-state index >= 15 is 0 Å². The molecule has 0 heterocycles. The second-order valence-electron chi connectivity index (χ2n) is 9.87. The van der Waals surface area contributed by atoms with Crippen LogP contribution >= 0.6 is 0 Å². The topological polar surface area (TPSA) is 105 Å². The summed E-state index contributed by atoms with van der Waals surface area (Å²) in [7, 11) is -3.69. The molecule has 7 nitrogen and oxygen atoms in total. The molecule has 3 aromatic rings. The van der Waals surface area contributed by atoms with E-state index in [-0.39, 0.29) is 11.7 Å². The van der Waals surface area contributed by atoms with Crippen molar-refractivity contribution < 1.29 is 23.1 Å². The van der Waals surface area contributed by atoms with Crippen LogP contribution in [0.2, 0.25) is 0 Å². The number of carbonyl (C=O) groups is 1. The van der Waals surface area contributed by atoms with Crippen molar-refractivity contribution in [3.8, 4) is 16.9 Å². The van der Waals surface area contributed by atoms with Gasteiger partial charge in [-0.05, 0) is 73.0 Å². The number of aliphatic hydroxyl groups is 1. The Bertz CT molecular complexity index is 1300. The van der Waals surface area contributed by atoms with Crippen LogP contribution in [0.3, 0.4) is 0 Å². The Morgan fingerprint density at radius 3 is 2.34 bits per heavy atom. The molecule has 1 fully saturated rings. The number of carbonyl (C=O) groups excluding carboxylic acids is 1. The maximum absolute atomic E-state index is 12.7. The lowest BCUT2D eigenvalue weighted by atomic mass is 9.97. The molecule has 3 aromatic carbocycles. The van der Waals surface area contributed by atoms with Crippen LogP contribution in [0, 0.1) is 0 Å². The Morgan fingerprint density at radius 2 is 1.66 bits per heavy atom. The van der Waals surface area contributed by atoms with Gasteiger partial charge in [0.2, 0.25) is 10.0 Å². The molecule has 1 saturated carbocycles. The molecule has 1 atom stereocenters. The lowest BCUT2D eigenvalue weighted by Gasteiger charge is -2.24. The second kappa shape index (κ2) is 13.0. The SMILES string of the molecule is CS(=O)(=O)NC(=O)c1ccc(-c2ccc(CCNC[C@@H](O)c3ccccc3)cc2)cc1OC1CCCCC1. The molecule has 1 amide bonds. The van der Waals surface area contributed by atoms with Crippen molar-refractivity contribution >= 4 is 15.9 Å². The Kier molecular flexibility index (Phi) is 9.55. The van der Waals surface area contributed by atoms with Gasteiger partial charge in [-0.15, -0.1) is 0 Å². The van der Waals surface area contributed by atoms with Crippen LogP contribution < -0.4 is 14.8 Å². The highest BCUT2D eigenvalue weighted by Crippen LogP contribution is 2.31. The summed E-state index contributed by atoms with van der Waals surface area (Å²) in [5.41, 5.74) is 4.14. The number of hydrogen-bond donors (Lipinski definition) is 3. The van der Waals surface area contributed by atoms with Crippen LogP contribution in [-0.4, -0.2) is 44.9 Å². The third-order valence-corrected chi connectivity index (χ3v) is 7.31. The van der Waals surface area contributed by atoms with Crippen LogP contribution in [0.5, 0.6) is 5.75 Å². The van der Waals surface area contributed by atoms with E-state index in [1.807, 2.05) is 54.6 Å². The number of ether oxygens (including phenoxy) is 1. The largest absolute Gasteiger partial charge is 0.490 e. The van der Waals surface area contributed by atoms with Gasteiger partial charge in [-0.2, -0.15) is 0 Å². The number of amides is 1. The molecule has 0 aromatic heterocycles. The number of aliphatic hydroxyl groups excluding tert-OH is 1. The van der Waals surface area contributed by atoms with Gasteiger partial charge in [0.25, 0.3) is 5.91 Å². The Balaban J connectivity index is 1.41. The predicted molar refractivity (Wildman–Crippen MR) is 150 cm³/mol. The summed E-state index contributed by atoms with van der Waals surface area (Å²) in [6.07, 6.45) is 6.44. The summed E-state index contributed by atoms with van der Waals surface area (Å²) < 4.78 is 31.6. The molecule has 0 radical (unpaired) electrons. The van der Waals surface area contributed by atoms with Crippen molar-refractivity contribution in [2.24, 2.45) is 0 Å². The van der Waals surface area contributed by atoms with Gasteiger partial charge in [0.05, 0.1) is 24.0 Å². The van der Waals surface area contributed by atoms with Crippen LogP contribution in [0.25, 0.3) is 11.1 Å². The molecule has 0 spiro atoms. The van der Waals surface area contributed by atoms with E-state index in [1.54, 1.807) is 6.07 Å². The minimum absolute atomic E-state index is 0.0130. The average molecular weight is 537 g/mol. The first kappa shape index (κ1) is 27.8. The quantitative estimate of drug-likeness (QED) is 0.309. The minimum atomic E-state index is -3.69. The third-order valence-electron chi connectivity index (χ3n) is 6.75. The van der Waals surface area contributed by atoms with Crippen molar-refractivity contribution in [1.82, 2.24) is 10.0 Å². The lowest BCUT2D eigenvalue weighted by molar-refractivity contribution is 0.0969. The molecule has 0 aliphatic heterocycles. The molecule has 3 N–H and O–H groups in total. The first-order valence-corrected chi connectivity index (χ1v) is 15.0. The van der Waals surface area contributed by atoms with Gasteiger partial charge < -0.3 is 15.2 Å². The Labute approximate surface area is 225 Å². The van der Waals surface area contributed by atoms with Gasteiger partial charge >= 0.3 is 0 Å². The lowest BCUT2D eigenvalue weighted by Crippen LogP contribution is -2.30. The molecular formula is C30H36N2O5S. The summed E-state index contributed by atoms with van der Waals surface area (Å²) in [6.45, 7) is 1.23. The van der Waals surface area contributed by atoms with E-state index in [9.17, 15) is 18.3 Å². The normalized spacial score (nSPS) is 15.1. The van der Waals surface area contributed by atoms with Crippen molar-refractivity contribution in [3.05, 3.63) is 89.5 Å². The minimum Gasteiger partial charge on any atom is -0.490 e. The zero-order valence-corrected chi connectivity index (χ0v) is 22.5. The number of rotatable bonds is 11. The average Bonchev–Trinajstić information content (AvgIpc) is 2.91. The van der Waals surface area contributed by atoms with E-state index < -0.39 is 22.0 Å². The smallest absolute Gasteiger partial charge is 0.268 e. The highest BCUT2D eigenvalue weighted by Gasteiger charge is 2.21. The van der Waals surface area contributed by atoms with Crippen LogP contribution in [-0.2, 0) is 16.4 Å². The molecule has 202 valence electrons. The molecule has 0 unspecified atom stereocenters. The fraction of sp³-hybridized carbons (Fsp3) is 0.367. The molecule has 8 heteroatoms. The van der Waals surface area contributed by atoms with Gasteiger partial charge in [0.1, 0.15) is 5.75 Å². The summed E-state index contributed by atoms with van der Waals surface area (Å²) in [6, 6.07) is 23.1. The summed E-state index contributed by atoms with van der Waals surface area (Å²) in [4.78, 5) is 12.7. The van der Waals surface area contributed by atoms with Gasteiger partial charge in [0.15, 0.2) is 0 Å². The molecule has 4 rings (SSSR count). The fourth-order valence-corrected chi connectivity index (χ4v) is 5.15. The highest BCUT2D eigenvalue weighted by molar-refractivity contribution is 7.89. The zero-order chi connectivity index (χ0) is 27.0. The maximum atomic E-state index is 12.7. The number of nitrogens with one attached hydrogen (secondary N) is 2. The first-order valence-electron chi connectivity index (χ1n) is 13.1. The first-order chi connectivity index (χ1) is 18.3. The second-order valence-corrected chi connectivity index (χ2v) is 11.6. The van der Waals surface area contributed by atoms with E-state index in [4.69, 9.17) is 4.74 Å². The molecule has 38 heavy (non-hydrogen) atoms. The van der Waals surface area contributed by atoms with E-state index in [0.29, 0.717) is 12.3 Å². The number of sulfonamides is 1. The van der Waals surface area contributed by atoms with Crippen LogP contribution in [0.15, 0.2) is 72.8 Å². The molecule has 1 aliphatic carbocycles. The molecular weight excluding hydrogens is 500 g/mol. The summed E-state index contributed by atoms with van der Waals surface area (Å²) >= 11 is 0. The van der Waals surface area contributed by atoms with Gasteiger partial charge in [-0.3, -0.25) is 4.79 Å². The standard InChI is InChI=1S/C30H36N2O5S/c1-38(35,36)32-30(34)27-17-16-25(20-29(27)37-26-10-6-3-7-11-26)23-14-12-22(13-15-23)18-19-31-21-28(33)24-8-4-2-5-9-24/h2,4-5,8-9,12-17,20,26,28,31,33H,3,6-7,10-11,18-19,21H2,1H3,(H,32,34)/t28-/m1/s1. The third kappa shape index (κ3) is 8.15. The van der Waals surface area contributed by atoms with Crippen LogP contribution in [0.4, 0.5) is 0 Å². The summed E-state index contributed by atoms with van der Waals surface area (Å²) in [5.74, 6) is -0.286. The van der Waals surface area contributed by atoms with Crippen molar-refractivity contribution in [2.75, 3.05) is 19.3 Å². The predicted octanol–water partition coefficient (Wildman–Crippen LogP) is 4.62.